The summed E-state index contributed by atoms with van der Waals surface area (Å²) >= 11 is 0. The quantitative estimate of drug-likeness (QED) is 0.406. The first-order valence-corrected chi connectivity index (χ1v) is 15.9. The second-order valence-electron chi connectivity index (χ2n) is 12.6. The molecule has 1 amide bonds. The van der Waals surface area contributed by atoms with Crippen LogP contribution in [0.4, 0.5) is 4.79 Å². The molecule has 1 aliphatic rings. The average Bonchev–Trinajstić information content (AvgIpc) is 2.88. The number of carbonyl (C=O) groups excluding carboxylic acids is 1. The van der Waals surface area contributed by atoms with E-state index in [4.69, 9.17) is 9.16 Å². The van der Waals surface area contributed by atoms with Gasteiger partial charge in [0.15, 0.2) is 0 Å². The standard InChI is InChI=1S/C33H44N2O3Si/c1-25-18-19-26(22-27-24-34-20-21-35(27)31(36)37-32(2,3)4)23-30(25)38-39(33(5,6)7,28-14-10-8-11-15-28)29-16-12-9-13-17-29/h8-19,23,27,34H,20-22,24H2,1-7H3. The second kappa shape index (κ2) is 11.6. The fourth-order valence-corrected chi connectivity index (χ4v) is 9.95. The minimum absolute atomic E-state index is 0.0111. The first-order chi connectivity index (χ1) is 18.4. The molecular formula is C33H44N2O3Si. The highest BCUT2D eigenvalue weighted by molar-refractivity contribution is 7.00. The molecule has 1 aliphatic heterocycles. The zero-order valence-corrected chi connectivity index (χ0v) is 25.6. The van der Waals surface area contributed by atoms with Crippen LogP contribution in [0.5, 0.6) is 5.75 Å². The van der Waals surface area contributed by atoms with E-state index in [1.165, 1.54) is 10.4 Å². The van der Waals surface area contributed by atoms with Crippen molar-refractivity contribution in [2.75, 3.05) is 19.6 Å². The molecule has 39 heavy (non-hydrogen) atoms. The molecule has 3 aromatic carbocycles. The number of hydrogen-bond acceptors (Lipinski definition) is 4. The van der Waals surface area contributed by atoms with Gasteiger partial charge in [-0.05, 0) is 66.7 Å². The Morgan fingerprint density at radius 1 is 0.923 bits per heavy atom. The van der Waals surface area contributed by atoms with Crippen LogP contribution in [-0.2, 0) is 11.2 Å². The third-order valence-corrected chi connectivity index (χ3v) is 12.3. The van der Waals surface area contributed by atoms with Gasteiger partial charge in [-0.3, -0.25) is 0 Å². The first kappa shape index (κ1) is 28.9. The smallest absolute Gasteiger partial charge is 0.410 e. The topological polar surface area (TPSA) is 50.8 Å². The molecule has 0 aromatic heterocycles. The largest absolute Gasteiger partial charge is 0.534 e. The summed E-state index contributed by atoms with van der Waals surface area (Å²) in [4.78, 5) is 14.9. The molecule has 0 bridgehead atoms. The zero-order valence-electron chi connectivity index (χ0n) is 24.6. The van der Waals surface area contributed by atoms with Crippen molar-refractivity contribution in [3.8, 4) is 5.75 Å². The third kappa shape index (κ3) is 6.56. The molecule has 6 heteroatoms. The van der Waals surface area contributed by atoms with Gasteiger partial charge in [0.2, 0.25) is 0 Å². The Hall–Kier alpha value is -3.09. The molecule has 1 saturated heterocycles. The van der Waals surface area contributed by atoms with Crippen LogP contribution >= 0.6 is 0 Å². The van der Waals surface area contributed by atoms with Crippen LogP contribution in [0.2, 0.25) is 5.04 Å². The average molecular weight is 545 g/mol. The summed E-state index contributed by atoms with van der Waals surface area (Å²) in [5.74, 6) is 0.911. The van der Waals surface area contributed by atoms with Gasteiger partial charge in [0.05, 0.1) is 6.04 Å². The Labute approximate surface area is 235 Å². The summed E-state index contributed by atoms with van der Waals surface area (Å²) in [5.41, 5.74) is 1.74. The van der Waals surface area contributed by atoms with Crippen LogP contribution in [0.15, 0.2) is 78.9 Å². The minimum Gasteiger partial charge on any atom is -0.534 e. The van der Waals surface area contributed by atoms with E-state index in [0.29, 0.717) is 6.54 Å². The molecule has 1 fully saturated rings. The van der Waals surface area contributed by atoms with Crippen molar-refractivity contribution in [2.24, 2.45) is 0 Å². The number of benzene rings is 3. The van der Waals surface area contributed by atoms with Crippen LogP contribution in [0.3, 0.4) is 0 Å². The Balaban J connectivity index is 1.71. The molecule has 4 rings (SSSR count). The van der Waals surface area contributed by atoms with E-state index in [1.807, 2.05) is 25.7 Å². The highest BCUT2D eigenvalue weighted by atomic mass is 28.4. The lowest BCUT2D eigenvalue weighted by molar-refractivity contribution is 0.0122. The number of aryl methyl sites for hydroxylation is 1. The molecule has 1 unspecified atom stereocenters. The fraction of sp³-hybridized carbons (Fsp3) is 0.424. The van der Waals surface area contributed by atoms with E-state index in [0.717, 1.165) is 36.4 Å². The van der Waals surface area contributed by atoms with Gasteiger partial charge in [0, 0.05) is 19.6 Å². The molecule has 3 aromatic rings. The SMILES string of the molecule is Cc1ccc(CC2CNCCN2C(=O)OC(C)(C)C)cc1O[Si](c1ccccc1)(c1ccccc1)C(C)(C)C. The minimum atomic E-state index is -2.75. The number of hydrogen-bond donors (Lipinski definition) is 1. The maximum absolute atomic E-state index is 13.0. The number of rotatable bonds is 6. The highest BCUT2D eigenvalue weighted by Gasteiger charge is 2.52. The maximum atomic E-state index is 13.0. The summed E-state index contributed by atoms with van der Waals surface area (Å²) < 4.78 is 13.1. The fourth-order valence-electron chi connectivity index (χ4n) is 5.47. The lowest BCUT2D eigenvalue weighted by atomic mass is 10.0. The summed E-state index contributed by atoms with van der Waals surface area (Å²) in [7, 11) is -2.75. The van der Waals surface area contributed by atoms with Gasteiger partial charge in [-0.15, -0.1) is 0 Å². The molecule has 0 radical (unpaired) electrons. The molecular weight excluding hydrogens is 500 g/mol. The van der Waals surface area contributed by atoms with E-state index in [9.17, 15) is 4.79 Å². The van der Waals surface area contributed by atoms with Crippen LogP contribution < -0.4 is 20.1 Å². The number of piperazine rings is 1. The highest BCUT2D eigenvalue weighted by Crippen LogP contribution is 2.38. The van der Waals surface area contributed by atoms with Crippen molar-refractivity contribution < 1.29 is 14.0 Å². The molecule has 1 heterocycles. The number of nitrogens with one attached hydrogen (secondary N) is 1. The van der Waals surface area contributed by atoms with Crippen molar-refractivity contribution >= 4 is 24.8 Å². The molecule has 0 aliphatic carbocycles. The van der Waals surface area contributed by atoms with Gasteiger partial charge in [-0.25, -0.2) is 4.79 Å². The Kier molecular flexibility index (Phi) is 8.57. The molecule has 1 N–H and O–H groups in total. The van der Waals surface area contributed by atoms with Crippen molar-refractivity contribution in [3.63, 3.8) is 0 Å². The van der Waals surface area contributed by atoms with E-state index >= 15 is 0 Å². The lowest BCUT2D eigenvalue weighted by Gasteiger charge is -2.43. The molecule has 1 atom stereocenters. The van der Waals surface area contributed by atoms with Crippen LogP contribution in [0.1, 0.15) is 52.7 Å². The number of carbonyl (C=O) groups is 1. The predicted octanol–water partition coefficient (Wildman–Crippen LogP) is 5.69. The van der Waals surface area contributed by atoms with Gasteiger partial charge < -0.3 is 19.4 Å². The number of ether oxygens (including phenoxy) is 1. The molecule has 0 saturated carbocycles. The van der Waals surface area contributed by atoms with E-state index in [2.05, 4.69) is 112 Å². The third-order valence-electron chi connectivity index (χ3n) is 7.38. The summed E-state index contributed by atoms with van der Waals surface area (Å²) in [5, 5.41) is 5.83. The molecule has 0 spiro atoms. The van der Waals surface area contributed by atoms with Gasteiger partial charge in [-0.2, -0.15) is 0 Å². The van der Waals surface area contributed by atoms with Gasteiger partial charge in [-0.1, -0.05) is 93.6 Å². The zero-order chi connectivity index (χ0) is 28.3. The van der Waals surface area contributed by atoms with Crippen molar-refractivity contribution in [1.29, 1.82) is 0 Å². The van der Waals surface area contributed by atoms with Crippen LogP contribution in [-0.4, -0.2) is 50.6 Å². The van der Waals surface area contributed by atoms with Crippen molar-refractivity contribution in [1.82, 2.24) is 10.2 Å². The number of nitrogens with zero attached hydrogens (tertiary/aromatic N) is 1. The van der Waals surface area contributed by atoms with Gasteiger partial charge in [0.25, 0.3) is 0 Å². The van der Waals surface area contributed by atoms with E-state index in [-0.39, 0.29) is 17.2 Å². The summed E-state index contributed by atoms with van der Waals surface area (Å²) in [6.45, 7) is 16.9. The Morgan fingerprint density at radius 2 is 1.51 bits per heavy atom. The van der Waals surface area contributed by atoms with Crippen molar-refractivity contribution in [3.05, 3.63) is 90.0 Å². The normalized spacial score (nSPS) is 16.6. The number of amides is 1. The van der Waals surface area contributed by atoms with E-state index < -0.39 is 13.9 Å². The predicted molar refractivity (Wildman–Crippen MR) is 163 cm³/mol. The Morgan fingerprint density at radius 3 is 2.05 bits per heavy atom. The molecule has 5 nitrogen and oxygen atoms in total. The van der Waals surface area contributed by atoms with E-state index in [1.54, 1.807) is 0 Å². The Bertz CT molecular complexity index is 1210. The lowest BCUT2D eigenvalue weighted by Crippen LogP contribution is -2.68. The van der Waals surface area contributed by atoms with Crippen molar-refractivity contribution in [2.45, 2.75) is 71.6 Å². The van der Waals surface area contributed by atoms with Crippen LogP contribution in [0, 0.1) is 6.92 Å². The second-order valence-corrected chi connectivity index (χ2v) is 16.8. The summed E-state index contributed by atoms with van der Waals surface area (Å²) in [6.07, 6.45) is 0.480. The molecule has 208 valence electrons. The summed E-state index contributed by atoms with van der Waals surface area (Å²) in [6, 6.07) is 28.0. The van der Waals surface area contributed by atoms with Gasteiger partial charge in [0.1, 0.15) is 11.4 Å². The maximum Gasteiger partial charge on any atom is 0.410 e. The van der Waals surface area contributed by atoms with Gasteiger partial charge >= 0.3 is 14.4 Å². The van der Waals surface area contributed by atoms with Crippen LogP contribution in [0.25, 0.3) is 0 Å². The first-order valence-electron chi connectivity index (χ1n) is 14.0. The monoisotopic (exact) mass is 544 g/mol.